The second kappa shape index (κ2) is 8.45. The van der Waals surface area contributed by atoms with E-state index in [9.17, 15) is 8.42 Å². The van der Waals surface area contributed by atoms with Crippen LogP contribution >= 0.6 is 0 Å². The van der Waals surface area contributed by atoms with Gasteiger partial charge in [0.05, 0.1) is 0 Å². The summed E-state index contributed by atoms with van der Waals surface area (Å²) in [5.74, 6) is 0.250. The number of hydrogen-bond donors (Lipinski definition) is 0. The molecule has 24 heavy (non-hydrogen) atoms. The number of rotatable bonds is 3. The zero-order valence-electron chi connectivity index (χ0n) is 14.5. The van der Waals surface area contributed by atoms with Gasteiger partial charge in [-0.25, -0.2) is 28.4 Å². The highest BCUT2D eigenvalue weighted by atomic mass is 32.2. The van der Waals surface area contributed by atoms with Crippen LogP contribution in [0.3, 0.4) is 0 Å². The first kappa shape index (κ1) is 19.6. The van der Waals surface area contributed by atoms with Crippen LogP contribution in [0.2, 0.25) is 0 Å². The molecule has 0 aliphatic carbocycles. The van der Waals surface area contributed by atoms with Crippen molar-refractivity contribution in [1.29, 1.82) is 5.26 Å². The average Bonchev–Trinajstić information content (AvgIpc) is 2.54. The maximum absolute atomic E-state index is 11.1. The number of aryl methyl sites for hydroxylation is 4. The summed E-state index contributed by atoms with van der Waals surface area (Å²) >= 11 is 0. The molecule has 0 fully saturated rings. The van der Waals surface area contributed by atoms with Crippen molar-refractivity contribution in [3.8, 4) is 6.07 Å². The summed E-state index contributed by atoms with van der Waals surface area (Å²) in [5, 5.41) is 8.36. The van der Waals surface area contributed by atoms with Gasteiger partial charge in [-0.1, -0.05) is 13.8 Å². The minimum atomic E-state index is -3.27. The average molecular weight is 347 g/mol. The van der Waals surface area contributed by atoms with Crippen LogP contribution in [-0.2, 0) is 22.7 Å². The van der Waals surface area contributed by atoms with Crippen LogP contribution in [0, 0.1) is 25.2 Å². The summed E-state index contributed by atoms with van der Waals surface area (Å²) in [4.78, 5) is 15.5. The largest absolute Gasteiger partial charge is 0.246 e. The summed E-state index contributed by atoms with van der Waals surface area (Å²) in [6.07, 6.45) is 6.11. The number of nitrogens with zero attached hydrogens (tertiary/aromatic N) is 5. The first-order chi connectivity index (χ1) is 11.2. The Morgan fingerprint density at radius 2 is 1.50 bits per heavy atom. The molecule has 0 aliphatic rings. The highest BCUT2D eigenvalue weighted by molar-refractivity contribution is 7.90. The lowest BCUT2D eigenvalue weighted by molar-refractivity contribution is 0.591. The fraction of sp³-hybridized carbons (Fsp3) is 0.438. The quantitative estimate of drug-likeness (QED) is 0.781. The molecule has 0 saturated carbocycles. The standard InChI is InChI=1S/C8H9N3.C8H12N2O2S/c1-3-7-5-10-8(4-9)11-6(7)2;1-4-7-5-9-8(10-6(7)2)13(3,11)12/h5H,3H2,1-2H3;5H,4H2,1-3H3. The molecule has 0 unspecified atom stereocenters. The molecule has 128 valence electrons. The Kier molecular flexibility index (Phi) is 6.92. The van der Waals surface area contributed by atoms with E-state index in [2.05, 4.69) is 19.9 Å². The van der Waals surface area contributed by atoms with Crippen molar-refractivity contribution < 1.29 is 8.42 Å². The maximum Gasteiger partial charge on any atom is 0.246 e. The zero-order valence-corrected chi connectivity index (χ0v) is 15.3. The van der Waals surface area contributed by atoms with Crippen LogP contribution in [0.15, 0.2) is 17.6 Å². The van der Waals surface area contributed by atoms with Gasteiger partial charge < -0.3 is 0 Å². The molecule has 0 spiro atoms. The van der Waals surface area contributed by atoms with Crippen molar-refractivity contribution in [2.24, 2.45) is 0 Å². The van der Waals surface area contributed by atoms with Gasteiger partial charge in [0.25, 0.3) is 0 Å². The molecule has 0 saturated heterocycles. The second-order valence-corrected chi connectivity index (χ2v) is 7.07. The van der Waals surface area contributed by atoms with Crippen LogP contribution < -0.4 is 0 Å². The lowest BCUT2D eigenvalue weighted by Crippen LogP contribution is -2.06. The highest BCUT2D eigenvalue weighted by Crippen LogP contribution is 2.07. The first-order valence-electron chi connectivity index (χ1n) is 7.48. The molecule has 0 N–H and O–H groups in total. The Labute approximate surface area is 142 Å². The van der Waals surface area contributed by atoms with E-state index in [1.165, 1.54) is 0 Å². The van der Waals surface area contributed by atoms with Gasteiger partial charge in [-0.3, -0.25) is 0 Å². The van der Waals surface area contributed by atoms with E-state index >= 15 is 0 Å². The summed E-state index contributed by atoms with van der Waals surface area (Å²) in [6.45, 7) is 7.69. The molecule has 0 aromatic carbocycles. The van der Waals surface area contributed by atoms with Crippen LogP contribution in [0.25, 0.3) is 0 Å². The molecule has 0 aliphatic heterocycles. The third-order valence-electron chi connectivity index (χ3n) is 3.33. The topological polar surface area (TPSA) is 109 Å². The van der Waals surface area contributed by atoms with Crippen LogP contribution in [0.1, 0.15) is 42.2 Å². The van der Waals surface area contributed by atoms with Gasteiger partial charge in [0.15, 0.2) is 0 Å². The van der Waals surface area contributed by atoms with E-state index in [1.807, 2.05) is 26.8 Å². The van der Waals surface area contributed by atoms with Crippen molar-refractivity contribution >= 4 is 9.84 Å². The van der Waals surface area contributed by atoms with Crippen LogP contribution in [0.4, 0.5) is 0 Å². The minimum absolute atomic E-state index is 0.0952. The van der Waals surface area contributed by atoms with Gasteiger partial charge in [0.1, 0.15) is 6.07 Å². The summed E-state index contributed by atoms with van der Waals surface area (Å²) < 4.78 is 22.1. The maximum atomic E-state index is 11.1. The van der Waals surface area contributed by atoms with Crippen molar-refractivity contribution in [2.75, 3.05) is 6.26 Å². The minimum Gasteiger partial charge on any atom is -0.227 e. The number of sulfone groups is 1. The predicted octanol–water partition coefficient (Wildman–Crippen LogP) is 1.97. The Morgan fingerprint density at radius 1 is 1.00 bits per heavy atom. The fourth-order valence-corrected chi connectivity index (χ4v) is 2.44. The van der Waals surface area contributed by atoms with Gasteiger partial charge in [-0.15, -0.1) is 0 Å². The smallest absolute Gasteiger partial charge is 0.227 e. The van der Waals surface area contributed by atoms with E-state index in [1.54, 1.807) is 19.3 Å². The monoisotopic (exact) mass is 347 g/mol. The molecule has 7 nitrogen and oxygen atoms in total. The summed E-state index contributed by atoms with van der Waals surface area (Å²) in [7, 11) is -3.27. The SMILES string of the molecule is CCc1cnc(C#N)nc1C.CCc1cnc(S(C)(=O)=O)nc1C. The molecular weight excluding hydrogens is 326 g/mol. The third kappa shape index (κ3) is 5.35. The molecule has 8 heteroatoms. The Hall–Kier alpha value is -2.40. The van der Waals surface area contributed by atoms with Crippen molar-refractivity contribution in [1.82, 2.24) is 19.9 Å². The lowest BCUT2D eigenvalue weighted by Gasteiger charge is -2.02. The second-order valence-electron chi connectivity index (χ2n) is 5.16. The zero-order chi connectivity index (χ0) is 18.3. The number of nitriles is 1. The van der Waals surface area contributed by atoms with E-state index in [0.29, 0.717) is 0 Å². The molecule has 2 aromatic rings. The van der Waals surface area contributed by atoms with Crippen molar-refractivity contribution in [3.63, 3.8) is 0 Å². The van der Waals surface area contributed by atoms with Crippen LogP contribution in [-0.4, -0.2) is 34.6 Å². The van der Waals surface area contributed by atoms with Gasteiger partial charge in [0.2, 0.25) is 20.8 Å². The molecule has 0 radical (unpaired) electrons. The molecule has 0 atom stereocenters. The lowest BCUT2D eigenvalue weighted by atomic mass is 10.2. The highest BCUT2D eigenvalue weighted by Gasteiger charge is 2.11. The van der Waals surface area contributed by atoms with Crippen molar-refractivity contribution in [2.45, 2.75) is 45.7 Å². The molecular formula is C16H21N5O2S. The van der Waals surface area contributed by atoms with E-state index in [4.69, 9.17) is 5.26 Å². The molecule has 0 amide bonds. The third-order valence-corrected chi connectivity index (χ3v) is 4.19. The van der Waals surface area contributed by atoms with Crippen molar-refractivity contribution in [3.05, 3.63) is 40.7 Å². The van der Waals surface area contributed by atoms with Gasteiger partial charge in [-0.05, 0) is 37.8 Å². The first-order valence-corrected chi connectivity index (χ1v) is 9.37. The Balaban J connectivity index is 0.000000243. The van der Waals surface area contributed by atoms with E-state index in [0.717, 1.165) is 41.6 Å². The Morgan fingerprint density at radius 3 is 1.88 bits per heavy atom. The molecule has 2 heterocycles. The number of hydrogen-bond acceptors (Lipinski definition) is 7. The summed E-state index contributed by atoms with van der Waals surface area (Å²) in [5.41, 5.74) is 3.72. The normalized spacial score (nSPS) is 10.5. The molecule has 2 rings (SSSR count). The predicted molar refractivity (Wildman–Crippen MR) is 90.1 cm³/mol. The Bertz CT molecular complexity index is 857. The van der Waals surface area contributed by atoms with E-state index in [-0.39, 0.29) is 11.0 Å². The van der Waals surface area contributed by atoms with Gasteiger partial charge >= 0.3 is 0 Å². The summed E-state index contributed by atoms with van der Waals surface area (Å²) in [6, 6.07) is 1.90. The molecule has 2 aromatic heterocycles. The van der Waals surface area contributed by atoms with Gasteiger partial charge in [-0.2, -0.15) is 5.26 Å². The fourth-order valence-electron chi connectivity index (χ4n) is 1.89. The van der Waals surface area contributed by atoms with E-state index < -0.39 is 9.84 Å². The van der Waals surface area contributed by atoms with Crippen LogP contribution in [0.5, 0.6) is 0 Å². The van der Waals surface area contributed by atoms with Gasteiger partial charge in [0, 0.05) is 30.0 Å². The number of aromatic nitrogens is 4. The molecule has 0 bridgehead atoms.